The van der Waals surface area contributed by atoms with Crippen molar-refractivity contribution in [1.82, 2.24) is 13.9 Å². The second kappa shape index (κ2) is 12.5. The smallest absolute Gasteiger partial charge is 0.296 e. The summed E-state index contributed by atoms with van der Waals surface area (Å²) < 4.78 is 5.09. The topological polar surface area (TPSA) is 99.5 Å². The van der Waals surface area contributed by atoms with E-state index in [-0.39, 0.29) is 26.7 Å². The lowest BCUT2D eigenvalue weighted by Crippen LogP contribution is -2.48. The van der Waals surface area contributed by atoms with E-state index in [0.717, 1.165) is 30.5 Å². The van der Waals surface area contributed by atoms with Gasteiger partial charge in [-0.2, -0.15) is 5.26 Å². The van der Waals surface area contributed by atoms with Crippen LogP contribution < -0.4 is 25.8 Å². The van der Waals surface area contributed by atoms with Gasteiger partial charge in [0.25, 0.3) is 17.0 Å². The van der Waals surface area contributed by atoms with Crippen LogP contribution in [0.15, 0.2) is 75.2 Å². The van der Waals surface area contributed by atoms with Gasteiger partial charge in [-0.1, -0.05) is 60.4 Å². The predicted octanol–water partition coefficient (Wildman–Crippen LogP) is 4.58. The molecule has 2 saturated heterocycles. The minimum atomic E-state index is -0.423. The van der Waals surface area contributed by atoms with E-state index in [0.29, 0.717) is 52.9 Å². The zero-order chi connectivity index (χ0) is 32.7. The summed E-state index contributed by atoms with van der Waals surface area (Å²) in [6.45, 7) is 8.52. The van der Waals surface area contributed by atoms with Crippen molar-refractivity contribution in [2.24, 2.45) is 7.05 Å². The molecule has 12 heteroatoms. The summed E-state index contributed by atoms with van der Waals surface area (Å²) in [7, 11) is 1.77. The molecule has 2 fully saturated rings. The van der Waals surface area contributed by atoms with Crippen molar-refractivity contribution in [3.8, 4) is 11.8 Å². The quantitative estimate of drug-likeness (QED) is 0.221. The highest BCUT2D eigenvalue weighted by Crippen LogP contribution is 2.38. The lowest BCUT2D eigenvalue weighted by Gasteiger charge is -2.39. The summed E-state index contributed by atoms with van der Waals surface area (Å²) in [5.41, 5.74) is 3.05. The Kier molecular flexibility index (Phi) is 8.46. The molecule has 4 heterocycles. The van der Waals surface area contributed by atoms with Gasteiger partial charge >= 0.3 is 0 Å². The number of amides is 1. The number of hydrogen-bond acceptors (Lipinski definition) is 8. The molecule has 0 aliphatic carbocycles. The molecule has 0 spiro atoms. The van der Waals surface area contributed by atoms with E-state index in [2.05, 4.69) is 28.0 Å². The number of rotatable bonds is 6. The second-order valence-electron chi connectivity index (χ2n) is 11.1. The lowest BCUT2D eigenvalue weighted by molar-refractivity contribution is -0.113. The van der Waals surface area contributed by atoms with Gasteiger partial charge in [0.2, 0.25) is 0 Å². The first kappa shape index (κ1) is 31.1. The van der Waals surface area contributed by atoms with E-state index >= 15 is 0 Å². The van der Waals surface area contributed by atoms with E-state index < -0.39 is 5.91 Å². The van der Waals surface area contributed by atoms with Crippen molar-refractivity contribution in [2.45, 2.75) is 27.3 Å². The minimum Gasteiger partial charge on any atom is -0.368 e. The van der Waals surface area contributed by atoms with Crippen LogP contribution in [0, 0.1) is 25.2 Å². The van der Waals surface area contributed by atoms with E-state index in [9.17, 15) is 19.6 Å². The zero-order valence-electron chi connectivity index (χ0n) is 26.1. The summed E-state index contributed by atoms with van der Waals surface area (Å²) >= 11 is 6.80. The molecule has 234 valence electrons. The number of nitrogens with zero attached hydrogens (tertiary/aromatic N) is 7. The molecule has 46 heavy (non-hydrogen) atoms. The molecule has 10 nitrogen and oxygen atoms in total. The Morgan fingerprint density at radius 3 is 2.07 bits per heavy atom. The molecule has 1 amide bonds. The molecule has 0 atom stereocenters. The van der Waals surface area contributed by atoms with Crippen molar-refractivity contribution in [2.75, 3.05) is 40.9 Å². The molecule has 6 rings (SSSR count). The van der Waals surface area contributed by atoms with E-state index in [1.54, 1.807) is 36.2 Å². The van der Waals surface area contributed by atoms with Gasteiger partial charge in [0, 0.05) is 51.0 Å². The largest absolute Gasteiger partial charge is 0.368 e. The number of thiocarbonyl (C=S) groups is 1. The number of carbonyl (C=O) groups excluding carboxylic acids is 1. The lowest BCUT2D eigenvalue weighted by atomic mass is 10.0. The zero-order valence-corrected chi connectivity index (χ0v) is 27.7. The molecule has 2 aliphatic heterocycles. The molecule has 0 bridgehead atoms. The number of aromatic nitrogens is 3. The van der Waals surface area contributed by atoms with Crippen LogP contribution >= 0.6 is 24.0 Å². The van der Waals surface area contributed by atoms with Crippen molar-refractivity contribution in [3.05, 3.63) is 109 Å². The first-order chi connectivity index (χ1) is 22.2. The molecular weight excluding hydrogens is 619 g/mol. The summed E-state index contributed by atoms with van der Waals surface area (Å²) in [6, 6.07) is 21.5. The Hall–Kier alpha value is -4.86. The molecule has 0 radical (unpaired) electrons. The maximum Gasteiger partial charge on any atom is 0.296 e. The molecular formula is C34H33N7O3S2. The van der Waals surface area contributed by atoms with E-state index in [4.69, 9.17) is 12.2 Å². The first-order valence-corrected chi connectivity index (χ1v) is 16.2. The average Bonchev–Trinajstić information content (AvgIpc) is 3.47. The third kappa shape index (κ3) is 5.15. The van der Waals surface area contributed by atoms with Crippen LogP contribution in [0.4, 0.5) is 17.2 Å². The standard InChI is InChI=1S/C34H33N7O3S2/c1-5-39-30(38-18-16-37(17-19-38)24-12-8-6-9-13-24)26(22(2)27(21-35)31(39)42)20-28-32(43)40(34(45)46-28)29-23(3)36(4)41(33(29)44)25-14-10-7-11-15-25/h6-15,20H,5,16-19H2,1-4H3/b28-20+. The maximum absolute atomic E-state index is 14.1. The van der Waals surface area contributed by atoms with Crippen molar-refractivity contribution in [3.63, 3.8) is 0 Å². The van der Waals surface area contributed by atoms with Gasteiger partial charge in [-0.25, -0.2) is 4.68 Å². The summed E-state index contributed by atoms with van der Waals surface area (Å²) in [5, 5.41) is 9.99. The molecule has 2 aromatic carbocycles. The van der Waals surface area contributed by atoms with Crippen LogP contribution in [-0.2, 0) is 18.4 Å². The normalized spacial score (nSPS) is 16.1. The average molecular weight is 652 g/mol. The third-order valence-corrected chi connectivity index (χ3v) is 9.98. The highest BCUT2D eigenvalue weighted by molar-refractivity contribution is 8.27. The van der Waals surface area contributed by atoms with Crippen molar-refractivity contribution >= 4 is 57.5 Å². The van der Waals surface area contributed by atoms with Gasteiger partial charge in [-0.3, -0.25) is 28.5 Å². The van der Waals surface area contributed by atoms with Crippen LogP contribution in [-0.4, -0.2) is 50.3 Å². The fourth-order valence-corrected chi connectivity index (χ4v) is 7.45. The number of nitriles is 1. The van der Waals surface area contributed by atoms with E-state index in [1.807, 2.05) is 55.5 Å². The van der Waals surface area contributed by atoms with Crippen molar-refractivity contribution < 1.29 is 4.79 Å². The Labute approximate surface area is 276 Å². The number of carbonyl (C=O) groups is 1. The monoisotopic (exact) mass is 651 g/mol. The number of benzene rings is 2. The fourth-order valence-electron chi connectivity index (χ4n) is 6.20. The Balaban J connectivity index is 1.42. The molecule has 0 unspecified atom stereocenters. The number of para-hydroxylation sites is 2. The summed E-state index contributed by atoms with van der Waals surface area (Å²) in [5.74, 6) is 0.248. The van der Waals surface area contributed by atoms with Gasteiger partial charge in [0.15, 0.2) is 4.32 Å². The van der Waals surface area contributed by atoms with Gasteiger partial charge in [0.05, 0.1) is 16.3 Å². The van der Waals surface area contributed by atoms with Gasteiger partial charge in [-0.15, -0.1) is 0 Å². The summed E-state index contributed by atoms with van der Waals surface area (Å²) in [4.78, 5) is 47.5. The highest BCUT2D eigenvalue weighted by Gasteiger charge is 2.38. The van der Waals surface area contributed by atoms with Gasteiger partial charge in [-0.05, 0) is 56.7 Å². The number of anilines is 3. The van der Waals surface area contributed by atoms with Crippen LogP contribution in [0.5, 0.6) is 0 Å². The van der Waals surface area contributed by atoms with Crippen LogP contribution in [0.1, 0.15) is 29.3 Å². The SMILES string of the molecule is CCn1c(N2CCN(c3ccccc3)CC2)c(/C=C2/SC(=S)N(c3c(C)n(C)n(-c4ccccc4)c3=O)C2=O)c(C)c(C#N)c1=O. The van der Waals surface area contributed by atoms with Gasteiger partial charge in [0.1, 0.15) is 23.1 Å². The van der Waals surface area contributed by atoms with E-state index in [1.165, 1.54) is 9.58 Å². The van der Waals surface area contributed by atoms with Crippen LogP contribution in [0.2, 0.25) is 0 Å². The molecule has 0 saturated carbocycles. The molecule has 2 aliphatic rings. The predicted molar refractivity (Wildman–Crippen MR) is 188 cm³/mol. The molecule has 2 aromatic heterocycles. The first-order valence-electron chi connectivity index (χ1n) is 15.0. The van der Waals surface area contributed by atoms with Crippen molar-refractivity contribution in [1.29, 1.82) is 5.26 Å². The van der Waals surface area contributed by atoms with Crippen LogP contribution in [0.3, 0.4) is 0 Å². The van der Waals surface area contributed by atoms with Gasteiger partial charge < -0.3 is 9.80 Å². The third-order valence-electron chi connectivity index (χ3n) is 8.68. The van der Waals surface area contributed by atoms with Crippen LogP contribution in [0.25, 0.3) is 11.8 Å². The number of hydrogen-bond donors (Lipinski definition) is 0. The highest BCUT2D eigenvalue weighted by atomic mass is 32.2. The maximum atomic E-state index is 14.1. The fraction of sp³-hybridized carbons (Fsp3) is 0.265. The Bertz CT molecular complexity index is 2050. The molecule has 4 aromatic rings. The number of piperazine rings is 1. The summed E-state index contributed by atoms with van der Waals surface area (Å²) in [6.07, 6.45) is 1.73. The Morgan fingerprint density at radius 1 is 0.891 bits per heavy atom. The minimum absolute atomic E-state index is 0.0416. The molecule has 0 N–H and O–H groups in total. The number of thioether (sulfide) groups is 1. The Morgan fingerprint density at radius 2 is 1.48 bits per heavy atom. The second-order valence-corrected chi connectivity index (χ2v) is 12.8. The number of pyridine rings is 1.